The first kappa shape index (κ1) is 15.4. The van der Waals surface area contributed by atoms with Crippen molar-refractivity contribution in [3.63, 3.8) is 0 Å². The maximum absolute atomic E-state index is 10.7. The molecule has 0 saturated heterocycles. The molecule has 1 aromatic rings. The summed E-state index contributed by atoms with van der Waals surface area (Å²) in [7, 11) is 0. The SMILES string of the molecule is CCCC(C)COc1ccc([N+](=O)[O-])cc1[C@@H](C)O. The van der Waals surface area contributed by atoms with Crippen molar-refractivity contribution < 1.29 is 14.8 Å². The Bertz CT molecular complexity index is 431. The second kappa shape index (κ2) is 7.09. The maximum Gasteiger partial charge on any atom is 0.270 e. The fraction of sp³-hybridized carbons (Fsp3) is 0.571. The predicted molar refractivity (Wildman–Crippen MR) is 73.3 cm³/mol. The molecule has 2 atom stereocenters. The Morgan fingerprint density at radius 2 is 2.11 bits per heavy atom. The van der Waals surface area contributed by atoms with E-state index >= 15 is 0 Å². The van der Waals surface area contributed by atoms with E-state index in [4.69, 9.17) is 4.74 Å². The van der Waals surface area contributed by atoms with Gasteiger partial charge in [-0.2, -0.15) is 0 Å². The summed E-state index contributed by atoms with van der Waals surface area (Å²) in [5.74, 6) is 0.936. The molecule has 1 rings (SSSR count). The Morgan fingerprint density at radius 1 is 1.42 bits per heavy atom. The number of nitro benzene ring substituents is 1. The number of non-ortho nitro benzene ring substituents is 1. The molecule has 0 bridgehead atoms. The molecule has 0 aliphatic heterocycles. The number of aliphatic hydroxyl groups excluding tert-OH is 1. The highest BCUT2D eigenvalue weighted by Crippen LogP contribution is 2.29. The average molecular weight is 267 g/mol. The van der Waals surface area contributed by atoms with E-state index in [1.54, 1.807) is 13.0 Å². The number of aliphatic hydroxyl groups is 1. The van der Waals surface area contributed by atoms with E-state index in [9.17, 15) is 15.2 Å². The van der Waals surface area contributed by atoms with Gasteiger partial charge < -0.3 is 9.84 Å². The van der Waals surface area contributed by atoms with Crippen LogP contribution in [-0.2, 0) is 0 Å². The van der Waals surface area contributed by atoms with Gasteiger partial charge in [0.05, 0.1) is 17.6 Å². The van der Waals surface area contributed by atoms with Crippen LogP contribution in [-0.4, -0.2) is 16.6 Å². The van der Waals surface area contributed by atoms with Gasteiger partial charge in [-0.05, 0) is 25.3 Å². The minimum atomic E-state index is -0.795. The van der Waals surface area contributed by atoms with Crippen LogP contribution in [0.5, 0.6) is 5.75 Å². The molecule has 0 aromatic heterocycles. The lowest BCUT2D eigenvalue weighted by Crippen LogP contribution is -2.10. The van der Waals surface area contributed by atoms with Crippen LogP contribution in [0, 0.1) is 16.0 Å². The zero-order valence-electron chi connectivity index (χ0n) is 11.6. The van der Waals surface area contributed by atoms with Crippen LogP contribution in [0.1, 0.15) is 45.3 Å². The van der Waals surface area contributed by atoms with E-state index in [-0.39, 0.29) is 5.69 Å². The molecule has 0 aliphatic carbocycles. The lowest BCUT2D eigenvalue weighted by Gasteiger charge is -2.16. The third-order valence-corrected chi connectivity index (χ3v) is 2.96. The van der Waals surface area contributed by atoms with Crippen molar-refractivity contribution in [3.05, 3.63) is 33.9 Å². The van der Waals surface area contributed by atoms with Crippen molar-refractivity contribution in [1.29, 1.82) is 0 Å². The van der Waals surface area contributed by atoms with Gasteiger partial charge in [-0.1, -0.05) is 20.3 Å². The number of ether oxygens (including phenoxy) is 1. The van der Waals surface area contributed by atoms with Gasteiger partial charge in [0, 0.05) is 17.7 Å². The Morgan fingerprint density at radius 3 is 2.63 bits per heavy atom. The number of hydrogen-bond acceptors (Lipinski definition) is 4. The van der Waals surface area contributed by atoms with Crippen LogP contribution in [0.15, 0.2) is 18.2 Å². The van der Waals surface area contributed by atoms with E-state index in [1.807, 2.05) is 0 Å². The fourth-order valence-electron chi connectivity index (χ4n) is 1.92. The molecule has 0 fully saturated rings. The van der Waals surface area contributed by atoms with E-state index in [0.29, 0.717) is 23.8 Å². The van der Waals surface area contributed by atoms with Gasteiger partial charge in [0.15, 0.2) is 0 Å². The molecule has 1 aromatic carbocycles. The van der Waals surface area contributed by atoms with Gasteiger partial charge in [-0.3, -0.25) is 10.1 Å². The minimum absolute atomic E-state index is 0.0372. The van der Waals surface area contributed by atoms with Crippen molar-refractivity contribution in [2.75, 3.05) is 6.61 Å². The van der Waals surface area contributed by atoms with Gasteiger partial charge in [-0.25, -0.2) is 0 Å². The second-order valence-electron chi connectivity index (χ2n) is 4.86. The first-order valence-electron chi connectivity index (χ1n) is 6.54. The molecule has 0 heterocycles. The Labute approximate surface area is 113 Å². The highest BCUT2D eigenvalue weighted by Gasteiger charge is 2.16. The third-order valence-electron chi connectivity index (χ3n) is 2.96. The summed E-state index contributed by atoms with van der Waals surface area (Å²) >= 11 is 0. The minimum Gasteiger partial charge on any atom is -0.493 e. The third kappa shape index (κ3) is 4.52. The maximum atomic E-state index is 10.7. The summed E-state index contributed by atoms with van der Waals surface area (Å²) in [6, 6.07) is 4.31. The van der Waals surface area contributed by atoms with Gasteiger partial charge in [0.25, 0.3) is 5.69 Å². The molecule has 0 aliphatic rings. The molecule has 0 radical (unpaired) electrons. The smallest absolute Gasteiger partial charge is 0.270 e. The molecule has 5 heteroatoms. The number of nitrogens with zero attached hydrogens (tertiary/aromatic N) is 1. The number of hydrogen-bond donors (Lipinski definition) is 1. The van der Waals surface area contributed by atoms with Crippen molar-refractivity contribution in [2.45, 2.75) is 39.7 Å². The average Bonchev–Trinajstić information content (AvgIpc) is 2.36. The lowest BCUT2D eigenvalue weighted by atomic mass is 10.1. The molecule has 1 unspecified atom stereocenters. The van der Waals surface area contributed by atoms with Crippen LogP contribution in [0.3, 0.4) is 0 Å². The number of nitro groups is 1. The van der Waals surface area contributed by atoms with Gasteiger partial charge in [0.2, 0.25) is 0 Å². The number of rotatable bonds is 7. The summed E-state index contributed by atoms with van der Waals surface area (Å²) in [6.45, 7) is 6.33. The van der Waals surface area contributed by atoms with Crippen LogP contribution in [0.4, 0.5) is 5.69 Å². The molecule has 0 saturated carbocycles. The first-order chi connectivity index (χ1) is 8.95. The molecular weight excluding hydrogens is 246 g/mol. The highest BCUT2D eigenvalue weighted by molar-refractivity contribution is 5.44. The zero-order valence-corrected chi connectivity index (χ0v) is 11.6. The molecular formula is C14H21NO4. The van der Waals surface area contributed by atoms with E-state index < -0.39 is 11.0 Å². The predicted octanol–water partition coefficient (Wildman–Crippen LogP) is 3.46. The van der Waals surface area contributed by atoms with Crippen LogP contribution in [0.2, 0.25) is 0 Å². The van der Waals surface area contributed by atoms with Crippen LogP contribution in [0.25, 0.3) is 0 Å². The summed E-state index contributed by atoms with van der Waals surface area (Å²) in [4.78, 5) is 10.2. The van der Waals surface area contributed by atoms with Crippen molar-refractivity contribution in [1.82, 2.24) is 0 Å². The van der Waals surface area contributed by atoms with Crippen LogP contribution >= 0.6 is 0 Å². The van der Waals surface area contributed by atoms with E-state index in [0.717, 1.165) is 12.8 Å². The Kier molecular flexibility index (Phi) is 5.76. The molecule has 1 N–H and O–H groups in total. The monoisotopic (exact) mass is 267 g/mol. The summed E-state index contributed by atoms with van der Waals surface area (Å²) in [5, 5.41) is 20.4. The summed E-state index contributed by atoms with van der Waals surface area (Å²) in [6.07, 6.45) is 1.36. The Balaban J connectivity index is 2.85. The Hall–Kier alpha value is -1.62. The van der Waals surface area contributed by atoms with Crippen molar-refractivity contribution in [2.24, 2.45) is 5.92 Å². The fourth-order valence-corrected chi connectivity index (χ4v) is 1.92. The zero-order chi connectivity index (χ0) is 14.4. The topological polar surface area (TPSA) is 72.6 Å². The summed E-state index contributed by atoms with van der Waals surface area (Å²) < 4.78 is 5.66. The van der Waals surface area contributed by atoms with Crippen molar-refractivity contribution >= 4 is 5.69 Å². The second-order valence-corrected chi connectivity index (χ2v) is 4.86. The van der Waals surface area contributed by atoms with E-state index in [2.05, 4.69) is 13.8 Å². The molecule has 5 nitrogen and oxygen atoms in total. The quantitative estimate of drug-likeness (QED) is 0.606. The first-order valence-corrected chi connectivity index (χ1v) is 6.54. The van der Waals surface area contributed by atoms with Crippen LogP contribution < -0.4 is 4.74 Å². The molecule has 19 heavy (non-hydrogen) atoms. The normalized spacial score (nSPS) is 13.9. The van der Waals surface area contributed by atoms with Crippen molar-refractivity contribution in [3.8, 4) is 5.75 Å². The summed E-state index contributed by atoms with van der Waals surface area (Å²) in [5.41, 5.74) is 0.419. The van der Waals surface area contributed by atoms with E-state index in [1.165, 1.54) is 12.1 Å². The van der Waals surface area contributed by atoms with Gasteiger partial charge in [-0.15, -0.1) is 0 Å². The molecule has 0 amide bonds. The van der Waals surface area contributed by atoms with Gasteiger partial charge >= 0.3 is 0 Å². The highest BCUT2D eigenvalue weighted by atomic mass is 16.6. The number of benzene rings is 1. The molecule has 0 spiro atoms. The largest absolute Gasteiger partial charge is 0.493 e. The van der Waals surface area contributed by atoms with Gasteiger partial charge in [0.1, 0.15) is 5.75 Å². The lowest BCUT2D eigenvalue weighted by molar-refractivity contribution is -0.385. The molecule has 106 valence electrons. The standard InChI is InChI=1S/C14H21NO4/c1-4-5-10(2)9-19-14-7-6-12(15(17)18)8-13(14)11(3)16/h6-8,10-11,16H,4-5,9H2,1-3H3/t10?,11-/m1/s1.